The summed E-state index contributed by atoms with van der Waals surface area (Å²) in [5.41, 5.74) is 3.69. The first-order chi connectivity index (χ1) is 14.8. The highest BCUT2D eigenvalue weighted by atomic mass is 35.5. The van der Waals surface area contributed by atoms with Gasteiger partial charge in [-0.05, 0) is 38.5 Å². The third-order valence-electron chi connectivity index (χ3n) is 5.77. The van der Waals surface area contributed by atoms with Crippen LogP contribution in [0.15, 0.2) is 28.8 Å². The number of hydrogen-bond acceptors (Lipinski definition) is 5. The molecular formula is C22H25ClFN5O2. The Hall–Kier alpha value is -2.71. The minimum absolute atomic E-state index is 0.138. The number of rotatable bonds is 5. The molecule has 0 saturated carbocycles. The van der Waals surface area contributed by atoms with Gasteiger partial charge in [0.05, 0.1) is 23.0 Å². The zero-order valence-electron chi connectivity index (χ0n) is 17.9. The number of nitrogens with zero attached hydrogens (tertiary/aromatic N) is 5. The van der Waals surface area contributed by atoms with Crippen LogP contribution in [-0.2, 0) is 13.1 Å². The van der Waals surface area contributed by atoms with Crippen molar-refractivity contribution in [2.75, 3.05) is 26.2 Å². The molecule has 9 heteroatoms. The van der Waals surface area contributed by atoms with E-state index in [0.29, 0.717) is 36.1 Å². The van der Waals surface area contributed by atoms with Crippen LogP contribution in [0.3, 0.4) is 0 Å². The van der Waals surface area contributed by atoms with Gasteiger partial charge in [0.2, 0.25) is 0 Å². The molecule has 2 aromatic heterocycles. The molecule has 1 saturated heterocycles. The van der Waals surface area contributed by atoms with Gasteiger partial charge in [-0.1, -0.05) is 28.9 Å². The maximum Gasteiger partial charge on any atom is 0.276 e. The van der Waals surface area contributed by atoms with Crippen LogP contribution in [0.4, 0.5) is 4.39 Å². The van der Waals surface area contributed by atoms with Gasteiger partial charge in [-0.2, -0.15) is 5.10 Å². The lowest BCUT2D eigenvalue weighted by atomic mass is 10.1. The zero-order chi connectivity index (χ0) is 22.1. The first-order valence-electron chi connectivity index (χ1n) is 10.2. The van der Waals surface area contributed by atoms with Gasteiger partial charge < -0.3 is 9.42 Å². The molecule has 1 aromatic carbocycles. The van der Waals surface area contributed by atoms with Crippen molar-refractivity contribution in [3.8, 4) is 0 Å². The fourth-order valence-electron chi connectivity index (χ4n) is 3.83. The lowest BCUT2D eigenvalue weighted by Gasteiger charge is -2.34. The van der Waals surface area contributed by atoms with Crippen molar-refractivity contribution in [1.29, 1.82) is 0 Å². The fraction of sp³-hybridized carbons (Fsp3) is 0.409. The lowest BCUT2D eigenvalue weighted by molar-refractivity contribution is 0.0617. The van der Waals surface area contributed by atoms with Crippen molar-refractivity contribution in [2.24, 2.45) is 0 Å². The second-order valence-electron chi connectivity index (χ2n) is 7.90. The Kier molecular flexibility index (Phi) is 6.11. The highest BCUT2D eigenvalue weighted by Crippen LogP contribution is 2.23. The van der Waals surface area contributed by atoms with Gasteiger partial charge in [-0.3, -0.25) is 14.4 Å². The number of benzene rings is 1. The summed E-state index contributed by atoms with van der Waals surface area (Å²) in [4.78, 5) is 17.2. The van der Waals surface area contributed by atoms with Gasteiger partial charge in [-0.15, -0.1) is 0 Å². The van der Waals surface area contributed by atoms with Crippen molar-refractivity contribution in [3.63, 3.8) is 0 Å². The average Bonchev–Trinajstić information content (AvgIpc) is 3.24. The maximum atomic E-state index is 13.2. The van der Waals surface area contributed by atoms with E-state index in [1.807, 2.05) is 13.8 Å². The van der Waals surface area contributed by atoms with Crippen LogP contribution in [0.2, 0.25) is 5.02 Å². The number of aryl methyl sites for hydroxylation is 2. The van der Waals surface area contributed by atoms with Crippen LogP contribution in [0.5, 0.6) is 0 Å². The van der Waals surface area contributed by atoms with Crippen molar-refractivity contribution in [1.82, 2.24) is 24.7 Å². The van der Waals surface area contributed by atoms with Gasteiger partial charge in [0.15, 0.2) is 5.69 Å². The molecule has 1 aliphatic rings. The van der Waals surface area contributed by atoms with Gasteiger partial charge in [0, 0.05) is 38.3 Å². The third kappa shape index (κ3) is 4.50. The molecule has 164 valence electrons. The summed E-state index contributed by atoms with van der Waals surface area (Å²) in [7, 11) is 0. The van der Waals surface area contributed by atoms with Gasteiger partial charge >= 0.3 is 0 Å². The molecule has 0 unspecified atom stereocenters. The summed E-state index contributed by atoms with van der Waals surface area (Å²) in [5, 5.41) is 9.13. The van der Waals surface area contributed by atoms with E-state index >= 15 is 0 Å². The summed E-state index contributed by atoms with van der Waals surface area (Å²) >= 11 is 6.26. The van der Waals surface area contributed by atoms with Crippen LogP contribution < -0.4 is 0 Å². The molecule has 0 aliphatic carbocycles. The zero-order valence-corrected chi connectivity index (χ0v) is 18.6. The number of piperazine rings is 1. The second kappa shape index (κ2) is 8.80. The topological polar surface area (TPSA) is 67.4 Å². The van der Waals surface area contributed by atoms with E-state index < -0.39 is 0 Å². The Morgan fingerprint density at radius 2 is 1.77 bits per heavy atom. The summed E-state index contributed by atoms with van der Waals surface area (Å²) in [6, 6.07) is 6.53. The van der Waals surface area contributed by atoms with E-state index in [0.717, 1.165) is 42.1 Å². The molecule has 3 heterocycles. The van der Waals surface area contributed by atoms with Crippen LogP contribution in [0, 0.1) is 26.6 Å². The van der Waals surface area contributed by atoms with Gasteiger partial charge in [0.1, 0.15) is 11.6 Å². The number of carbonyl (C=O) groups excluding carboxylic acids is 1. The van der Waals surface area contributed by atoms with Crippen molar-refractivity contribution in [3.05, 3.63) is 69.1 Å². The number of amides is 1. The first kappa shape index (κ1) is 21.5. The monoisotopic (exact) mass is 445 g/mol. The number of carbonyl (C=O) groups is 1. The molecule has 1 fully saturated rings. The van der Waals surface area contributed by atoms with Crippen molar-refractivity contribution in [2.45, 2.75) is 33.9 Å². The molecule has 31 heavy (non-hydrogen) atoms. The maximum absolute atomic E-state index is 13.2. The molecule has 0 N–H and O–H groups in total. The summed E-state index contributed by atoms with van der Waals surface area (Å²) in [6.45, 7) is 9.32. The van der Waals surface area contributed by atoms with E-state index in [-0.39, 0.29) is 11.7 Å². The minimum atomic E-state index is -0.236. The van der Waals surface area contributed by atoms with E-state index in [9.17, 15) is 9.18 Å². The van der Waals surface area contributed by atoms with Crippen LogP contribution in [-0.4, -0.2) is 56.8 Å². The molecule has 0 spiro atoms. The third-order valence-corrected chi connectivity index (χ3v) is 6.31. The second-order valence-corrected chi connectivity index (χ2v) is 8.28. The Bertz CT molecular complexity index is 1080. The predicted molar refractivity (Wildman–Crippen MR) is 115 cm³/mol. The molecule has 1 amide bonds. The summed E-state index contributed by atoms with van der Waals surface area (Å²) < 4.78 is 20.2. The Labute approximate surface area is 185 Å². The Balaban J connectivity index is 1.42. The molecule has 1 aliphatic heterocycles. The van der Waals surface area contributed by atoms with Gasteiger partial charge in [-0.25, -0.2) is 4.39 Å². The molecule has 0 atom stereocenters. The number of aromatic nitrogens is 3. The number of halogens is 2. The average molecular weight is 446 g/mol. The standard InChI is InChI=1S/C22H25ClFN5O2/c1-14-20(23)15(2)29(25-14)13-19-16(3)31-26-21(19)22(30)28-10-8-27(9-11-28)12-17-4-6-18(24)7-5-17/h4-7H,8-13H2,1-3H3. The lowest BCUT2D eigenvalue weighted by Crippen LogP contribution is -2.48. The molecular weight excluding hydrogens is 421 g/mol. The van der Waals surface area contributed by atoms with Crippen LogP contribution in [0.25, 0.3) is 0 Å². The van der Waals surface area contributed by atoms with Crippen molar-refractivity contribution < 1.29 is 13.7 Å². The Morgan fingerprint density at radius 1 is 1.10 bits per heavy atom. The highest BCUT2D eigenvalue weighted by Gasteiger charge is 2.28. The largest absolute Gasteiger partial charge is 0.361 e. The Morgan fingerprint density at radius 3 is 2.39 bits per heavy atom. The molecule has 3 aromatic rings. The van der Waals surface area contributed by atoms with Gasteiger partial charge in [0.25, 0.3) is 5.91 Å². The molecule has 0 bridgehead atoms. The quantitative estimate of drug-likeness (QED) is 0.600. The van der Waals surface area contributed by atoms with Crippen molar-refractivity contribution >= 4 is 17.5 Å². The highest BCUT2D eigenvalue weighted by molar-refractivity contribution is 6.31. The van der Waals surface area contributed by atoms with E-state index in [4.69, 9.17) is 16.1 Å². The predicted octanol–water partition coefficient (Wildman–Crippen LogP) is 3.60. The SMILES string of the molecule is Cc1nn(Cc2c(C(=O)N3CCN(Cc4ccc(F)cc4)CC3)noc2C)c(C)c1Cl. The normalized spacial score (nSPS) is 14.9. The molecule has 0 radical (unpaired) electrons. The summed E-state index contributed by atoms with van der Waals surface area (Å²) in [5.74, 6) is 0.225. The molecule has 4 rings (SSSR count). The van der Waals surface area contributed by atoms with E-state index in [2.05, 4.69) is 15.2 Å². The molecule has 7 nitrogen and oxygen atoms in total. The minimum Gasteiger partial charge on any atom is -0.361 e. The van der Waals surface area contributed by atoms with E-state index in [1.165, 1.54) is 12.1 Å². The summed E-state index contributed by atoms with van der Waals surface area (Å²) in [6.07, 6.45) is 0. The van der Waals surface area contributed by atoms with Crippen LogP contribution >= 0.6 is 11.6 Å². The fourth-order valence-corrected chi connectivity index (χ4v) is 3.97. The van der Waals surface area contributed by atoms with E-state index in [1.54, 1.807) is 28.6 Å². The first-order valence-corrected chi connectivity index (χ1v) is 10.6. The van der Waals surface area contributed by atoms with Crippen LogP contribution in [0.1, 0.15) is 38.8 Å². The smallest absolute Gasteiger partial charge is 0.276 e. The number of hydrogen-bond donors (Lipinski definition) is 0.